The van der Waals surface area contributed by atoms with Gasteiger partial charge >= 0.3 is 0 Å². The first-order chi connectivity index (χ1) is 8.48. The molecule has 0 unspecified atom stereocenters. The molecule has 2 rings (SSSR count). The van der Waals surface area contributed by atoms with Crippen molar-refractivity contribution in [2.75, 3.05) is 13.1 Å². The van der Waals surface area contributed by atoms with Gasteiger partial charge in [0, 0.05) is 18.2 Å². The van der Waals surface area contributed by atoms with Crippen molar-refractivity contribution in [2.45, 2.75) is 38.6 Å². The van der Waals surface area contributed by atoms with Crippen molar-refractivity contribution in [2.24, 2.45) is 0 Å². The standard InChI is InChI=1S/C15H22N2O/c1-15(2,3)13-7-5-4-6-12(13)14(18)17-11-8-9-16-10-11/h4-7,11,16H,8-10H2,1-3H3,(H,17,18)/t11-/m1/s1. The zero-order chi connectivity index (χ0) is 13.2. The van der Waals surface area contributed by atoms with Crippen LogP contribution in [0.3, 0.4) is 0 Å². The third-order valence-electron chi connectivity index (χ3n) is 3.38. The average molecular weight is 246 g/mol. The van der Waals surface area contributed by atoms with E-state index in [9.17, 15) is 4.79 Å². The minimum atomic E-state index is -0.0120. The van der Waals surface area contributed by atoms with E-state index < -0.39 is 0 Å². The number of amides is 1. The van der Waals surface area contributed by atoms with Gasteiger partial charge in [-0.2, -0.15) is 0 Å². The second kappa shape index (κ2) is 5.11. The molecule has 1 amide bonds. The highest BCUT2D eigenvalue weighted by Gasteiger charge is 2.23. The van der Waals surface area contributed by atoms with Crippen LogP contribution in [0, 0.1) is 0 Å². The maximum atomic E-state index is 12.3. The summed E-state index contributed by atoms with van der Waals surface area (Å²) in [4.78, 5) is 12.3. The molecule has 2 N–H and O–H groups in total. The fourth-order valence-electron chi connectivity index (χ4n) is 2.38. The second-order valence-electron chi connectivity index (χ2n) is 5.96. The van der Waals surface area contributed by atoms with Gasteiger partial charge in [-0.05, 0) is 30.0 Å². The minimum absolute atomic E-state index is 0.0120. The largest absolute Gasteiger partial charge is 0.348 e. The van der Waals surface area contributed by atoms with Crippen molar-refractivity contribution in [1.29, 1.82) is 0 Å². The highest BCUT2D eigenvalue weighted by molar-refractivity contribution is 5.96. The van der Waals surface area contributed by atoms with E-state index >= 15 is 0 Å². The van der Waals surface area contributed by atoms with Crippen LogP contribution in [0.1, 0.15) is 43.1 Å². The minimum Gasteiger partial charge on any atom is -0.348 e. The van der Waals surface area contributed by atoms with Gasteiger partial charge in [-0.25, -0.2) is 0 Å². The summed E-state index contributed by atoms with van der Waals surface area (Å²) in [5, 5.41) is 6.37. The zero-order valence-corrected chi connectivity index (χ0v) is 11.4. The first-order valence-corrected chi connectivity index (χ1v) is 6.59. The Balaban J connectivity index is 2.19. The second-order valence-corrected chi connectivity index (χ2v) is 5.96. The summed E-state index contributed by atoms with van der Waals surface area (Å²) in [7, 11) is 0. The van der Waals surface area contributed by atoms with Gasteiger partial charge in [0.05, 0.1) is 0 Å². The quantitative estimate of drug-likeness (QED) is 0.839. The number of hydrogen-bond donors (Lipinski definition) is 2. The zero-order valence-electron chi connectivity index (χ0n) is 11.4. The number of nitrogens with one attached hydrogen (secondary N) is 2. The van der Waals surface area contributed by atoms with E-state index in [-0.39, 0.29) is 17.4 Å². The molecule has 0 bridgehead atoms. The molecule has 98 valence electrons. The third-order valence-corrected chi connectivity index (χ3v) is 3.38. The van der Waals surface area contributed by atoms with Gasteiger partial charge in [0.1, 0.15) is 0 Å². The van der Waals surface area contributed by atoms with Crippen molar-refractivity contribution >= 4 is 5.91 Å². The lowest BCUT2D eigenvalue weighted by Gasteiger charge is -2.23. The molecule has 1 saturated heterocycles. The van der Waals surface area contributed by atoms with Crippen molar-refractivity contribution in [1.82, 2.24) is 10.6 Å². The molecule has 0 aromatic heterocycles. The number of carbonyl (C=O) groups excluding carboxylic acids is 1. The summed E-state index contributed by atoms with van der Waals surface area (Å²) in [5.74, 6) is 0.0502. The molecule has 1 aliphatic rings. The number of benzene rings is 1. The highest BCUT2D eigenvalue weighted by Crippen LogP contribution is 2.25. The smallest absolute Gasteiger partial charge is 0.251 e. The number of hydrogen-bond acceptors (Lipinski definition) is 2. The molecule has 18 heavy (non-hydrogen) atoms. The van der Waals surface area contributed by atoms with Crippen LogP contribution in [-0.2, 0) is 5.41 Å². The molecule has 1 heterocycles. The molecule has 0 aliphatic carbocycles. The van der Waals surface area contributed by atoms with Crippen LogP contribution in [-0.4, -0.2) is 25.0 Å². The molecule has 1 aromatic carbocycles. The highest BCUT2D eigenvalue weighted by atomic mass is 16.1. The predicted octanol–water partition coefficient (Wildman–Crippen LogP) is 2.08. The molecule has 1 aliphatic heterocycles. The summed E-state index contributed by atoms with van der Waals surface area (Å²) < 4.78 is 0. The van der Waals surface area contributed by atoms with Crippen LogP contribution >= 0.6 is 0 Å². The lowest BCUT2D eigenvalue weighted by atomic mass is 9.83. The van der Waals surface area contributed by atoms with Gasteiger partial charge in [0.15, 0.2) is 0 Å². The fraction of sp³-hybridized carbons (Fsp3) is 0.533. The van der Waals surface area contributed by atoms with E-state index in [1.54, 1.807) is 0 Å². The third kappa shape index (κ3) is 2.91. The van der Waals surface area contributed by atoms with Crippen molar-refractivity contribution in [3.8, 4) is 0 Å². The molecular weight excluding hydrogens is 224 g/mol. The molecular formula is C15H22N2O. The van der Waals surface area contributed by atoms with Crippen LogP contribution in [0.25, 0.3) is 0 Å². The van der Waals surface area contributed by atoms with Crippen LogP contribution in [0.4, 0.5) is 0 Å². The van der Waals surface area contributed by atoms with Crippen LogP contribution in [0.2, 0.25) is 0 Å². The van der Waals surface area contributed by atoms with E-state index in [1.165, 1.54) is 0 Å². The molecule has 0 saturated carbocycles. The van der Waals surface area contributed by atoms with Crippen molar-refractivity contribution in [3.63, 3.8) is 0 Å². The molecule has 0 spiro atoms. The van der Waals surface area contributed by atoms with E-state index in [1.807, 2.05) is 24.3 Å². The maximum Gasteiger partial charge on any atom is 0.251 e. The molecule has 1 atom stereocenters. The Morgan fingerprint density at radius 1 is 1.33 bits per heavy atom. The Kier molecular flexibility index (Phi) is 3.71. The molecule has 1 fully saturated rings. The van der Waals surface area contributed by atoms with Gasteiger partial charge < -0.3 is 10.6 Å². The topological polar surface area (TPSA) is 41.1 Å². The maximum absolute atomic E-state index is 12.3. The number of rotatable bonds is 2. The molecule has 3 nitrogen and oxygen atoms in total. The van der Waals surface area contributed by atoms with E-state index in [0.717, 1.165) is 30.6 Å². The number of carbonyl (C=O) groups is 1. The Labute approximate surface area is 109 Å². The van der Waals surface area contributed by atoms with E-state index in [0.29, 0.717) is 0 Å². The summed E-state index contributed by atoms with van der Waals surface area (Å²) in [6, 6.07) is 8.15. The van der Waals surface area contributed by atoms with Crippen molar-refractivity contribution < 1.29 is 4.79 Å². The summed E-state index contributed by atoms with van der Waals surface area (Å²) in [6.45, 7) is 8.28. The molecule has 0 radical (unpaired) electrons. The summed E-state index contributed by atoms with van der Waals surface area (Å²) in [5.41, 5.74) is 1.90. The Morgan fingerprint density at radius 2 is 2.06 bits per heavy atom. The molecule has 3 heteroatoms. The monoisotopic (exact) mass is 246 g/mol. The summed E-state index contributed by atoms with van der Waals surface area (Å²) in [6.07, 6.45) is 1.02. The molecule has 1 aromatic rings. The van der Waals surface area contributed by atoms with Gasteiger partial charge in [-0.1, -0.05) is 39.0 Å². The summed E-state index contributed by atoms with van der Waals surface area (Å²) >= 11 is 0. The van der Waals surface area contributed by atoms with Gasteiger partial charge in [-0.15, -0.1) is 0 Å². The first kappa shape index (κ1) is 13.1. The van der Waals surface area contributed by atoms with Gasteiger partial charge in [0.25, 0.3) is 5.91 Å². The average Bonchev–Trinajstić information content (AvgIpc) is 2.80. The van der Waals surface area contributed by atoms with E-state index in [4.69, 9.17) is 0 Å². The van der Waals surface area contributed by atoms with Gasteiger partial charge in [-0.3, -0.25) is 4.79 Å². The van der Waals surface area contributed by atoms with Gasteiger partial charge in [0.2, 0.25) is 0 Å². The van der Waals surface area contributed by atoms with E-state index in [2.05, 4.69) is 31.4 Å². The predicted molar refractivity (Wildman–Crippen MR) is 73.9 cm³/mol. The van der Waals surface area contributed by atoms with Crippen LogP contribution < -0.4 is 10.6 Å². The van der Waals surface area contributed by atoms with Crippen LogP contribution in [0.5, 0.6) is 0 Å². The fourth-order valence-corrected chi connectivity index (χ4v) is 2.38. The Bertz CT molecular complexity index is 428. The van der Waals surface area contributed by atoms with Crippen LogP contribution in [0.15, 0.2) is 24.3 Å². The Morgan fingerprint density at radius 3 is 2.67 bits per heavy atom. The first-order valence-electron chi connectivity index (χ1n) is 6.59. The lowest BCUT2D eigenvalue weighted by molar-refractivity contribution is 0.0938. The SMILES string of the molecule is CC(C)(C)c1ccccc1C(=O)N[C@@H]1CCNC1. The Hall–Kier alpha value is -1.35. The lowest BCUT2D eigenvalue weighted by Crippen LogP contribution is -2.37. The normalized spacial score (nSPS) is 19.8. The van der Waals surface area contributed by atoms with Crippen molar-refractivity contribution in [3.05, 3.63) is 35.4 Å².